The molecule has 0 bridgehead atoms. The Kier molecular flexibility index (Phi) is 4.45. The topological polar surface area (TPSA) is 29.5 Å². The van der Waals surface area contributed by atoms with Crippen molar-refractivity contribution in [3.05, 3.63) is 62.8 Å². The lowest BCUT2D eigenvalue weighted by atomic mass is 10.0. The zero-order valence-corrected chi connectivity index (χ0v) is 12.4. The number of methoxy groups -OCH3 is 1. The van der Waals surface area contributed by atoms with Crippen molar-refractivity contribution in [3.8, 4) is 5.75 Å². The summed E-state index contributed by atoms with van der Waals surface area (Å²) < 4.78 is 18.6. The van der Waals surface area contributed by atoms with Gasteiger partial charge in [0.1, 0.15) is 17.7 Å². The Balaban J connectivity index is 2.37. The molecule has 0 aliphatic heterocycles. The maximum atomic E-state index is 13.2. The van der Waals surface area contributed by atoms with Gasteiger partial charge < -0.3 is 9.84 Å². The quantitative estimate of drug-likeness (QED) is 0.897. The molecule has 5 heteroatoms. The summed E-state index contributed by atoms with van der Waals surface area (Å²) in [5.74, 6) is 0.115. The molecule has 0 aliphatic rings. The molecule has 0 saturated carbocycles. The zero-order valence-electron chi connectivity index (χ0n) is 10.0. The van der Waals surface area contributed by atoms with E-state index in [2.05, 4.69) is 15.9 Å². The van der Waals surface area contributed by atoms with Crippen molar-refractivity contribution >= 4 is 27.5 Å². The minimum absolute atomic E-state index is 0.310. The molecule has 0 saturated heterocycles. The van der Waals surface area contributed by atoms with Crippen LogP contribution in [0, 0.1) is 5.82 Å². The van der Waals surface area contributed by atoms with Crippen LogP contribution in [0.4, 0.5) is 4.39 Å². The van der Waals surface area contributed by atoms with Gasteiger partial charge >= 0.3 is 0 Å². The predicted molar refractivity (Wildman–Crippen MR) is 76.2 cm³/mol. The van der Waals surface area contributed by atoms with Crippen molar-refractivity contribution in [1.82, 2.24) is 0 Å². The highest BCUT2D eigenvalue weighted by Crippen LogP contribution is 2.31. The number of rotatable bonds is 3. The largest absolute Gasteiger partial charge is 0.495 e. The lowest BCUT2D eigenvalue weighted by Gasteiger charge is -2.14. The van der Waals surface area contributed by atoms with E-state index >= 15 is 0 Å². The van der Waals surface area contributed by atoms with Crippen LogP contribution in [-0.4, -0.2) is 12.2 Å². The molecule has 0 spiro atoms. The lowest BCUT2D eigenvalue weighted by Crippen LogP contribution is -2.00. The highest BCUT2D eigenvalue weighted by atomic mass is 79.9. The smallest absolute Gasteiger partial charge is 0.137 e. The van der Waals surface area contributed by atoms with E-state index in [1.165, 1.54) is 19.2 Å². The molecule has 19 heavy (non-hydrogen) atoms. The van der Waals surface area contributed by atoms with Gasteiger partial charge in [0, 0.05) is 0 Å². The Morgan fingerprint density at radius 2 is 1.84 bits per heavy atom. The molecule has 1 unspecified atom stereocenters. The molecule has 0 fully saturated rings. The van der Waals surface area contributed by atoms with Crippen LogP contribution in [0.5, 0.6) is 5.75 Å². The van der Waals surface area contributed by atoms with Crippen LogP contribution < -0.4 is 4.74 Å². The summed E-state index contributed by atoms with van der Waals surface area (Å²) in [6, 6.07) is 9.39. The van der Waals surface area contributed by atoms with Gasteiger partial charge in [-0.05, 0) is 51.3 Å². The Bertz CT molecular complexity index is 604. The third-order valence-corrected chi connectivity index (χ3v) is 3.67. The van der Waals surface area contributed by atoms with Gasteiger partial charge in [-0.2, -0.15) is 0 Å². The first-order valence-electron chi connectivity index (χ1n) is 5.49. The molecule has 100 valence electrons. The highest BCUT2D eigenvalue weighted by Gasteiger charge is 2.14. The summed E-state index contributed by atoms with van der Waals surface area (Å²) >= 11 is 9.02. The fourth-order valence-corrected chi connectivity index (χ4v) is 2.31. The Morgan fingerprint density at radius 3 is 2.47 bits per heavy atom. The number of ether oxygens (including phenoxy) is 1. The van der Waals surface area contributed by atoms with Crippen LogP contribution in [0.3, 0.4) is 0 Å². The second-order valence-electron chi connectivity index (χ2n) is 3.97. The van der Waals surface area contributed by atoms with Crippen LogP contribution in [0.2, 0.25) is 5.02 Å². The number of halogens is 3. The van der Waals surface area contributed by atoms with Crippen LogP contribution >= 0.6 is 27.5 Å². The second kappa shape index (κ2) is 5.90. The molecule has 2 aromatic carbocycles. The van der Waals surface area contributed by atoms with Gasteiger partial charge in [-0.1, -0.05) is 23.7 Å². The monoisotopic (exact) mass is 344 g/mol. The fraction of sp³-hybridized carbons (Fsp3) is 0.143. The average molecular weight is 346 g/mol. The SMILES string of the molecule is COc1cc(C(O)c2ccc(F)c(Br)c2)ccc1Cl. The van der Waals surface area contributed by atoms with E-state index in [1.807, 2.05) is 0 Å². The molecular weight excluding hydrogens is 335 g/mol. The van der Waals surface area contributed by atoms with Gasteiger partial charge in [0.25, 0.3) is 0 Å². The van der Waals surface area contributed by atoms with E-state index < -0.39 is 6.10 Å². The second-order valence-corrected chi connectivity index (χ2v) is 5.23. The first-order valence-corrected chi connectivity index (χ1v) is 6.66. The van der Waals surface area contributed by atoms with E-state index in [1.54, 1.807) is 24.3 Å². The maximum Gasteiger partial charge on any atom is 0.137 e. The summed E-state index contributed by atoms with van der Waals surface area (Å²) in [5.41, 5.74) is 1.21. The molecule has 0 aromatic heterocycles. The Morgan fingerprint density at radius 1 is 1.21 bits per heavy atom. The number of aliphatic hydroxyl groups is 1. The molecular formula is C14H11BrClFO2. The molecule has 2 nitrogen and oxygen atoms in total. The predicted octanol–water partition coefficient (Wildman–Crippen LogP) is 4.33. The summed E-state index contributed by atoms with van der Waals surface area (Å²) in [5, 5.41) is 10.7. The molecule has 2 aromatic rings. The Labute approximate surface area is 123 Å². The van der Waals surface area contributed by atoms with Crippen molar-refractivity contribution in [1.29, 1.82) is 0 Å². The molecule has 0 heterocycles. The third kappa shape index (κ3) is 3.08. The Hall–Kier alpha value is -1.10. The summed E-state index contributed by atoms with van der Waals surface area (Å²) in [7, 11) is 1.51. The fourth-order valence-electron chi connectivity index (χ4n) is 1.72. The first kappa shape index (κ1) is 14.3. The van der Waals surface area contributed by atoms with Gasteiger partial charge in [-0.25, -0.2) is 4.39 Å². The van der Waals surface area contributed by atoms with Crippen LogP contribution in [0.25, 0.3) is 0 Å². The molecule has 0 radical (unpaired) electrons. The molecule has 2 rings (SSSR count). The van der Waals surface area contributed by atoms with Crippen LogP contribution in [-0.2, 0) is 0 Å². The minimum Gasteiger partial charge on any atom is -0.495 e. The number of hydrogen-bond acceptors (Lipinski definition) is 2. The average Bonchev–Trinajstić information content (AvgIpc) is 2.41. The third-order valence-electron chi connectivity index (χ3n) is 2.75. The standard InChI is InChI=1S/C14H11BrClFO2/c1-19-13-7-9(2-4-11(13)16)14(18)8-3-5-12(17)10(15)6-8/h2-7,14,18H,1H3. The molecule has 1 atom stereocenters. The van der Waals surface area contributed by atoms with Gasteiger partial charge in [0.15, 0.2) is 0 Å². The first-order chi connectivity index (χ1) is 9.02. The van der Waals surface area contributed by atoms with Crippen molar-refractivity contribution in [2.24, 2.45) is 0 Å². The molecule has 0 aliphatic carbocycles. The van der Waals surface area contributed by atoms with Gasteiger partial charge in [0.05, 0.1) is 16.6 Å². The van der Waals surface area contributed by atoms with Crippen molar-refractivity contribution in [2.45, 2.75) is 6.10 Å². The summed E-state index contributed by atoms with van der Waals surface area (Å²) in [6.45, 7) is 0. The van der Waals surface area contributed by atoms with Crippen LogP contribution in [0.1, 0.15) is 17.2 Å². The van der Waals surface area contributed by atoms with E-state index in [9.17, 15) is 9.50 Å². The van der Waals surface area contributed by atoms with E-state index in [4.69, 9.17) is 16.3 Å². The zero-order chi connectivity index (χ0) is 14.0. The van der Waals surface area contributed by atoms with E-state index in [-0.39, 0.29) is 5.82 Å². The number of benzene rings is 2. The van der Waals surface area contributed by atoms with E-state index in [0.717, 1.165) is 0 Å². The minimum atomic E-state index is -0.872. The normalized spacial score (nSPS) is 12.3. The lowest BCUT2D eigenvalue weighted by molar-refractivity contribution is 0.219. The van der Waals surface area contributed by atoms with Crippen molar-refractivity contribution in [3.63, 3.8) is 0 Å². The summed E-state index contributed by atoms with van der Waals surface area (Å²) in [4.78, 5) is 0. The van der Waals surface area contributed by atoms with Crippen LogP contribution in [0.15, 0.2) is 40.9 Å². The van der Waals surface area contributed by atoms with E-state index in [0.29, 0.717) is 26.4 Å². The summed E-state index contributed by atoms with van der Waals surface area (Å²) in [6.07, 6.45) is -0.872. The van der Waals surface area contributed by atoms with Crippen molar-refractivity contribution < 1.29 is 14.2 Å². The van der Waals surface area contributed by atoms with Crippen molar-refractivity contribution in [2.75, 3.05) is 7.11 Å². The maximum absolute atomic E-state index is 13.2. The molecule has 1 N–H and O–H groups in total. The number of aliphatic hydroxyl groups excluding tert-OH is 1. The highest BCUT2D eigenvalue weighted by molar-refractivity contribution is 9.10. The van der Waals surface area contributed by atoms with Gasteiger partial charge in [-0.15, -0.1) is 0 Å². The number of hydrogen-bond donors (Lipinski definition) is 1. The molecule has 0 amide bonds. The van der Waals surface area contributed by atoms with Gasteiger partial charge in [-0.3, -0.25) is 0 Å². The van der Waals surface area contributed by atoms with Gasteiger partial charge in [0.2, 0.25) is 0 Å².